The Morgan fingerprint density at radius 2 is 0.964 bits per heavy atom. The normalized spacial score (nSPS) is 24.4. The van der Waals surface area contributed by atoms with Gasteiger partial charge in [-0.3, -0.25) is 9.59 Å². The largest absolute Gasteiger partial charge is 0.453 e. The van der Waals surface area contributed by atoms with Gasteiger partial charge < -0.3 is 39.9 Å². The summed E-state index contributed by atoms with van der Waals surface area (Å²) in [5, 5.41) is 5.47. The number of aromatic nitrogens is 4. The third-order valence-electron chi connectivity index (χ3n) is 12.0. The maximum Gasteiger partial charge on any atom is 0.407 e. The molecule has 8 atom stereocenters. The minimum Gasteiger partial charge on any atom is -0.453 e. The van der Waals surface area contributed by atoms with Crippen LogP contribution in [-0.4, -0.2) is 92.1 Å². The Hall–Kier alpha value is -5.66. The molecule has 4 amide bonds. The molecule has 4 fully saturated rings. The van der Waals surface area contributed by atoms with E-state index >= 15 is 0 Å². The molecule has 0 radical (unpaired) electrons. The van der Waals surface area contributed by atoms with Crippen molar-refractivity contribution < 1.29 is 28.7 Å². The second-order valence-corrected chi connectivity index (χ2v) is 16.4. The lowest BCUT2D eigenvalue weighted by atomic mass is 10.0. The number of ether oxygens (including phenoxy) is 2. The number of rotatable bonds is 11. The number of nitrogens with zero attached hydrogens (tertiary/aromatic N) is 4. The summed E-state index contributed by atoms with van der Waals surface area (Å²) in [5.74, 6) is 2.01. The van der Waals surface area contributed by atoms with Crippen LogP contribution < -0.4 is 10.6 Å². The predicted octanol–water partition coefficient (Wildman–Crippen LogP) is 6.22. The lowest BCUT2D eigenvalue weighted by molar-refractivity contribution is -0.137. The van der Waals surface area contributed by atoms with E-state index in [1.165, 1.54) is 14.2 Å². The summed E-state index contributed by atoms with van der Waals surface area (Å²) < 4.78 is 9.58. The summed E-state index contributed by atoms with van der Waals surface area (Å²) in [6.07, 6.45) is 6.06. The van der Waals surface area contributed by atoms with Crippen molar-refractivity contribution >= 4 is 24.0 Å². The van der Waals surface area contributed by atoms with Gasteiger partial charge in [0, 0.05) is 12.1 Å². The predicted molar refractivity (Wildman–Crippen MR) is 208 cm³/mol. The first-order valence-corrected chi connectivity index (χ1v) is 19.6. The van der Waals surface area contributed by atoms with E-state index in [0.29, 0.717) is 11.8 Å². The number of alkyl carbamates (subject to hydrolysis) is 2. The Balaban J connectivity index is 0.931. The van der Waals surface area contributed by atoms with E-state index in [2.05, 4.69) is 69.1 Å². The summed E-state index contributed by atoms with van der Waals surface area (Å²) >= 11 is 0. The summed E-state index contributed by atoms with van der Waals surface area (Å²) in [7, 11) is 2.60. The monoisotopic (exact) mass is 762 g/mol. The zero-order chi connectivity index (χ0) is 39.4. The number of nitrogens with one attached hydrogen (secondary N) is 4. The first-order chi connectivity index (χ1) is 26.9. The van der Waals surface area contributed by atoms with Crippen molar-refractivity contribution in [3.05, 3.63) is 72.6 Å². The molecule has 8 rings (SSSR count). The fourth-order valence-corrected chi connectivity index (χ4v) is 8.74. The third-order valence-corrected chi connectivity index (χ3v) is 12.0. The lowest BCUT2D eigenvalue weighted by Crippen LogP contribution is -2.52. The Bertz CT molecular complexity index is 1960. The highest BCUT2D eigenvalue weighted by Crippen LogP contribution is 2.54. The van der Waals surface area contributed by atoms with Crippen molar-refractivity contribution in [2.75, 3.05) is 14.2 Å². The first kappa shape index (κ1) is 37.3. The number of likely N-dealkylation sites (tertiary alicyclic amines) is 2. The van der Waals surface area contributed by atoms with E-state index in [4.69, 9.17) is 19.4 Å². The van der Waals surface area contributed by atoms with Gasteiger partial charge in [0.15, 0.2) is 0 Å². The van der Waals surface area contributed by atoms with Crippen LogP contribution in [-0.2, 0) is 19.1 Å². The number of benzene rings is 2. The summed E-state index contributed by atoms with van der Waals surface area (Å²) in [6, 6.07) is 15.2. The van der Waals surface area contributed by atoms with E-state index in [9.17, 15) is 19.2 Å². The maximum absolute atomic E-state index is 13.8. The first-order valence-electron chi connectivity index (χ1n) is 19.6. The van der Waals surface area contributed by atoms with E-state index in [1.54, 1.807) is 0 Å². The van der Waals surface area contributed by atoms with Crippen molar-refractivity contribution in [1.82, 2.24) is 40.4 Å². The van der Waals surface area contributed by atoms with Gasteiger partial charge in [0.25, 0.3) is 0 Å². The zero-order valence-electron chi connectivity index (χ0n) is 32.6. The molecule has 0 spiro atoms. The van der Waals surface area contributed by atoms with Crippen LogP contribution in [0.25, 0.3) is 33.6 Å². The van der Waals surface area contributed by atoms with E-state index in [1.807, 2.05) is 49.9 Å². The average Bonchev–Trinajstić information content (AvgIpc) is 3.79. The van der Waals surface area contributed by atoms with Crippen LogP contribution in [0.15, 0.2) is 60.9 Å². The van der Waals surface area contributed by atoms with Crippen molar-refractivity contribution in [3.8, 4) is 33.6 Å². The molecule has 56 heavy (non-hydrogen) atoms. The summed E-state index contributed by atoms with van der Waals surface area (Å²) in [5.41, 5.74) is 5.85. The molecular weight excluding hydrogens is 713 g/mol. The van der Waals surface area contributed by atoms with Crippen molar-refractivity contribution in [2.45, 2.75) is 89.6 Å². The molecule has 2 aromatic carbocycles. The number of H-pyrrole nitrogens is 2. The molecule has 2 aliphatic carbocycles. The van der Waals surface area contributed by atoms with Crippen LogP contribution in [0.1, 0.15) is 77.1 Å². The maximum atomic E-state index is 13.8. The van der Waals surface area contributed by atoms with E-state index in [0.717, 1.165) is 71.0 Å². The second kappa shape index (κ2) is 14.8. The second-order valence-electron chi connectivity index (χ2n) is 16.4. The molecule has 4 heterocycles. The smallest absolute Gasteiger partial charge is 0.407 e. The minimum atomic E-state index is -0.676. The topological polar surface area (TPSA) is 175 Å². The summed E-state index contributed by atoms with van der Waals surface area (Å²) in [4.78, 5) is 71.9. The number of hydrogen-bond acceptors (Lipinski definition) is 8. The molecule has 294 valence electrons. The fourth-order valence-electron chi connectivity index (χ4n) is 8.74. The number of fused-ring (bicyclic) bond motifs is 2. The van der Waals surface area contributed by atoms with Gasteiger partial charge in [0.2, 0.25) is 11.8 Å². The van der Waals surface area contributed by atoms with Crippen LogP contribution in [0, 0.1) is 23.7 Å². The number of hydrogen-bond donors (Lipinski definition) is 4. The number of methoxy groups -OCH3 is 2. The lowest BCUT2D eigenvalue weighted by Gasteiger charge is -2.31. The molecule has 14 heteroatoms. The summed E-state index contributed by atoms with van der Waals surface area (Å²) in [6.45, 7) is 7.67. The van der Waals surface area contributed by atoms with Gasteiger partial charge in [-0.25, -0.2) is 19.6 Å². The Morgan fingerprint density at radius 1 is 0.607 bits per heavy atom. The van der Waals surface area contributed by atoms with Crippen LogP contribution in [0.2, 0.25) is 0 Å². The molecule has 4 aromatic rings. The number of carbonyl (C=O) groups excluding carboxylic acids is 4. The van der Waals surface area contributed by atoms with E-state index < -0.39 is 24.3 Å². The van der Waals surface area contributed by atoms with Crippen LogP contribution in [0.3, 0.4) is 0 Å². The average molecular weight is 763 g/mol. The van der Waals surface area contributed by atoms with Gasteiger partial charge >= 0.3 is 12.2 Å². The van der Waals surface area contributed by atoms with Gasteiger partial charge in [-0.15, -0.1) is 0 Å². The van der Waals surface area contributed by atoms with E-state index in [-0.39, 0.29) is 47.8 Å². The SMILES string of the molecule is COC(=O)N[C@H](C(=O)N1[C@@H]2C[C@@H]2C[C@H]1c1ncc(-c2ccc(-c3ccc(-c4cnc([C@@H]5C[C@H]6C[C@H]6N5C(=O)[C@@H](NC(=O)OC)C(C)C)[nH]4)cc3)cc2)[nH]1)C(C)C. The highest BCUT2D eigenvalue weighted by atomic mass is 16.5. The van der Waals surface area contributed by atoms with Gasteiger partial charge in [-0.1, -0.05) is 76.2 Å². The Morgan fingerprint density at radius 3 is 1.30 bits per heavy atom. The molecular formula is C42H50N8O6. The molecule has 4 aliphatic rings. The molecule has 4 N–H and O–H groups in total. The van der Waals surface area contributed by atoms with Crippen molar-refractivity contribution in [3.63, 3.8) is 0 Å². The molecule has 0 bridgehead atoms. The molecule has 2 saturated heterocycles. The Kier molecular flexibility index (Phi) is 9.83. The van der Waals surface area contributed by atoms with Crippen LogP contribution >= 0.6 is 0 Å². The highest BCUT2D eigenvalue weighted by molar-refractivity contribution is 5.88. The number of aromatic amines is 2. The quantitative estimate of drug-likeness (QED) is 0.139. The van der Waals surface area contributed by atoms with Crippen LogP contribution in [0.4, 0.5) is 9.59 Å². The van der Waals surface area contributed by atoms with Crippen molar-refractivity contribution in [2.24, 2.45) is 23.7 Å². The number of piperidine rings is 2. The minimum absolute atomic E-state index is 0.0971. The number of imidazole rings is 2. The number of amides is 4. The van der Waals surface area contributed by atoms with Gasteiger partial charge in [-0.2, -0.15) is 0 Å². The van der Waals surface area contributed by atoms with Crippen LogP contribution in [0.5, 0.6) is 0 Å². The molecule has 0 unspecified atom stereocenters. The van der Waals surface area contributed by atoms with Gasteiger partial charge in [0.05, 0.1) is 50.1 Å². The molecule has 2 saturated carbocycles. The highest BCUT2D eigenvalue weighted by Gasteiger charge is 2.57. The Labute approximate surface area is 326 Å². The molecule has 2 aliphatic heterocycles. The number of carbonyl (C=O) groups is 4. The fraction of sp³-hybridized carbons (Fsp3) is 0.476. The third kappa shape index (κ3) is 7.01. The van der Waals surface area contributed by atoms with Crippen molar-refractivity contribution in [1.29, 1.82) is 0 Å². The van der Waals surface area contributed by atoms with Gasteiger partial charge in [-0.05, 0) is 71.6 Å². The van der Waals surface area contributed by atoms with Gasteiger partial charge in [0.1, 0.15) is 23.7 Å². The molecule has 14 nitrogen and oxygen atoms in total. The standard InChI is InChI=1S/C42H50N8O6/c1-21(2)35(47-41(53)55-5)39(51)49-31-15-27(31)17-33(49)37-43-19-29(45-37)25-11-7-23(8-12-25)24-9-13-26(14-10-24)30-20-44-38(46-30)34-18-28-16-32(28)50(34)40(52)36(22(3)4)48-42(54)56-6/h7-14,19-22,27-28,31-36H,15-18H2,1-6H3,(H,43,45)(H,44,46)(H,47,53)(H,48,54)/t27-,28-,31-,32-,33+,34+,35+,36+/m1/s1. The zero-order valence-corrected chi connectivity index (χ0v) is 32.6. The molecule has 2 aromatic heterocycles.